The summed E-state index contributed by atoms with van der Waals surface area (Å²) >= 11 is 12.0. The third kappa shape index (κ3) is 5.84. The first-order chi connectivity index (χ1) is 13.1. The number of carbonyl (C=O) groups excluding carboxylic acids is 1. The van der Waals surface area contributed by atoms with Gasteiger partial charge in [0.2, 0.25) is 0 Å². The lowest BCUT2D eigenvalue weighted by Crippen LogP contribution is -2.38. The van der Waals surface area contributed by atoms with Gasteiger partial charge in [-0.25, -0.2) is 4.68 Å². The SMILES string of the molecule is O=C(NCCCN1CCOCC1)c1ccn(COc2cccc(Cl)c2Cl)n1. The number of halogens is 2. The molecule has 0 atom stereocenters. The molecule has 0 bridgehead atoms. The molecule has 1 saturated heterocycles. The number of rotatable bonds is 8. The van der Waals surface area contributed by atoms with Crippen LogP contribution in [0.4, 0.5) is 0 Å². The molecule has 0 radical (unpaired) electrons. The second-order valence-corrected chi connectivity index (χ2v) is 6.91. The lowest BCUT2D eigenvalue weighted by Gasteiger charge is -2.26. The summed E-state index contributed by atoms with van der Waals surface area (Å²) in [4.78, 5) is 14.5. The maximum atomic E-state index is 12.2. The summed E-state index contributed by atoms with van der Waals surface area (Å²) in [6, 6.07) is 6.81. The Morgan fingerprint density at radius 3 is 2.89 bits per heavy atom. The van der Waals surface area contributed by atoms with E-state index in [0.29, 0.717) is 28.0 Å². The Hall–Kier alpha value is -1.80. The van der Waals surface area contributed by atoms with Crippen molar-refractivity contribution in [2.45, 2.75) is 13.2 Å². The van der Waals surface area contributed by atoms with Crippen molar-refractivity contribution in [2.75, 3.05) is 39.4 Å². The minimum absolute atomic E-state index is 0.129. The van der Waals surface area contributed by atoms with Crippen LogP contribution in [0.1, 0.15) is 16.9 Å². The molecular weight excluding hydrogens is 391 g/mol. The third-order valence-electron chi connectivity index (χ3n) is 4.18. The Labute approximate surface area is 168 Å². The molecule has 2 heterocycles. The maximum Gasteiger partial charge on any atom is 0.271 e. The summed E-state index contributed by atoms with van der Waals surface area (Å²) in [6.07, 6.45) is 2.57. The van der Waals surface area contributed by atoms with Crippen LogP contribution < -0.4 is 10.1 Å². The quantitative estimate of drug-likeness (QED) is 0.674. The predicted molar refractivity (Wildman–Crippen MR) is 104 cm³/mol. The van der Waals surface area contributed by atoms with E-state index in [2.05, 4.69) is 15.3 Å². The molecule has 27 heavy (non-hydrogen) atoms. The summed E-state index contributed by atoms with van der Waals surface area (Å²) in [5.74, 6) is 0.269. The van der Waals surface area contributed by atoms with E-state index >= 15 is 0 Å². The summed E-state index contributed by atoms with van der Waals surface area (Å²) in [5.41, 5.74) is 0.349. The number of carbonyl (C=O) groups is 1. The Bertz CT molecular complexity index is 763. The van der Waals surface area contributed by atoms with Gasteiger partial charge in [0.15, 0.2) is 6.73 Å². The van der Waals surface area contributed by atoms with Gasteiger partial charge in [0, 0.05) is 25.8 Å². The molecule has 9 heteroatoms. The molecule has 1 amide bonds. The van der Waals surface area contributed by atoms with Gasteiger partial charge in [-0.05, 0) is 31.2 Å². The van der Waals surface area contributed by atoms with Crippen molar-refractivity contribution >= 4 is 29.1 Å². The van der Waals surface area contributed by atoms with Crippen LogP contribution >= 0.6 is 23.2 Å². The second-order valence-electron chi connectivity index (χ2n) is 6.13. The standard InChI is InChI=1S/C18H22Cl2N4O3/c19-14-3-1-4-16(17(14)20)27-13-24-8-5-15(22-24)18(25)21-6-2-7-23-9-11-26-12-10-23/h1,3-5,8H,2,6-7,9-13H2,(H,21,25). The molecule has 0 aliphatic carbocycles. The van der Waals surface area contributed by atoms with Crippen molar-refractivity contribution in [2.24, 2.45) is 0 Å². The van der Waals surface area contributed by atoms with Crippen LogP contribution in [0.25, 0.3) is 0 Å². The fourth-order valence-electron chi connectivity index (χ4n) is 2.71. The van der Waals surface area contributed by atoms with Crippen molar-refractivity contribution in [3.63, 3.8) is 0 Å². The van der Waals surface area contributed by atoms with Crippen molar-refractivity contribution in [1.29, 1.82) is 0 Å². The van der Waals surface area contributed by atoms with Gasteiger partial charge in [-0.1, -0.05) is 29.3 Å². The van der Waals surface area contributed by atoms with E-state index in [-0.39, 0.29) is 12.6 Å². The first kappa shape index (κ1) is 19.9. The normalized spacial score (nSPS) is 14.9. The summed E-state index contributed by atoms with van der Waals surface area (Å²) in [6.45, 7) is 5.16. The number of ether oxygens (including phenoxy) is 2. The summed E-state index contributed by atoms with van der Waals surface area (Å²) in [5, 5.41) is 7.89. The topological polar surface area (TPSA) is 68.6 Å². The minimum atomic E-state index is -0.198. The van der Waals surface area contributed by atoms with E-state index in [1.54, 1.807) is 30.5 Å². The van der Waals surface area contributed by atoms with Gasteiger partial charge in [-0.2, -0.15) is 5.10 Å². The zero-order chi connectivity index (χ0) is 19.1. The maximum absolute atomic E-state index is 12.2. The lowest BCUT2D eigenvalue weighted by atomic mass is 10.3. The van der Waals surface area contributed by atoms with E-state index in [0.717, 1.165) is 39.3 Å². The molecule has 3 rings (SSSR count). The second kappa shape index (κ2) is 9.94. The predicted octanol–water partition coefficient (Wildman–Crippen LogP) is 2.68. The van der Waals surface area contributed by atoms with Crippen molar-refractivity contribution in [3.8, 4) is 5.75 Å². The van der Waals surface area contributed by atoms with Crippen LogP contribution in [0.3, 0.4) is 0 Å². The zero-order valence-electron chi connectivity index (χ0n) is 14.9. The number of nitrogens with zero attached hydrogens (tertiary/aromatic N) is 3. The van der Waals surface area contributed by atoms with Crippen LogP contribution in [0.5, 0.6) is 5.75 Å². The van der Waals surface area contributed by atoms with Gasteiger partial charge in [-0.3, -0.25) is 9.69 Å². The fourth-order valence-corrected chi connectivity index (χ4v) is 3.05. The Morgan fingerprint density at radius 1 is 1.26 bits per heavy atom. The Morgan fingerprint density at radius 2 is 2.07 bits per heavy atom. The van der Waals surface area contributed by atoms with Crippen LogP contribution in [0, 0.1) is 0 Å². The molecule has 1 aromatic heterocycles. The van der Waals surface area contributed by atoms with Gasteiger partial charge < -0.3 is 14.8 Å². The fraction of sp³-hybridized carbons (Fsp3) is 0.444. The molecule has 1 N–H and O–H groups in total. The molecule has 1 aliphatic heterocycles. The first-order valence-electron chi connectivity index (χ1n) is 8.82. The molecule has 0 spiro atoms. The van der Waals surface area contributed by atoms with E-state index < -0.39 is 0 Å². The molecule has 1 fully saturated rings. The number of nitrogens with one attached hydrogen (secondary N) is 1. The molecule has 0 unspecified atom stereocenters. The number of hydrogen-bond acceptors (Lipinski definition) is 5. The van der Waals surface area contributed by atoms with E-state index in [1.165, 1.54) is 4.68 Å². The molecular formula is C18H22Cl2N4O3. The van der Waals surface area contributed by atoms with Gasteiger partial charge in [0.1, 0.15) is 16.5 Å². The molecule has 1 aromatic carbocycles. The third-order valence-corrected chi connectivity index (χ3v) is 4.98. The molecule has 0 saturated carbocycles. The van der Waals surface area contributed by atoms with Gasteiger partial charge in [0.25, 0.3) is 5.91 Å². The number of aromatic nitrogens is 2. The number of benzene rings is 1. The Balaban J connectivity index is 1.41. The molecule has 7 nitrogen and oxygen atoms in total. The average Bonchev–Trinajstić information content (AvgIpc) is 3.16. The van der Waals surface area contributed by atoms with Crippen LogP contribution in [-0.2, 0) is 11.5 Å². The van der Waals surface area contributed by atoms with E-state index in [9.17, 15) is 4.79 Å². The first-order valence-corrected chi connectivity index (χ1v) is 9.57. The van der Waals surface area contributed by atoms with Gasteiger partial charge >= 0.3 is 0 Å². The van der Waals surface area contributed by atoms with Gasteiger partial charge in [-0.15, -0.1) is 0 Å². The van der Waals surface area contributed by atoms with Crippen LogP contribution in [0.2, 0.25) is 10.0 Å². The van der Waals surface area contributed by atoms with Crippen molar-refractivity contribution in [3.05, 3.63) is 46.2 Å². The van der Waals surface area contributed by atoms with E-state index in [4.69, 9.17) is 32.7 Å². The highest BCUT2D eigenvalue weighted by Gasteiger charge is 2.12. The average molecular weight is 413 g/mol. The number of amides is 1. The highest BCUT2D eigenvalue weighted by Crippen LogP contribution is 2.31. The lowest BCUT2D eigenvalue weighted by molar-refractivity contribution is 0.0374. The Kier molecular flexibility index (Phi) is 7.34. The monoisotopic (exact) mass is 412 g/mol. The molecule has 1 aliphatic rings. The van der Waals surface area contributed by atoms with Crippen molar-refractivity contribution < 1.29 is 14.3 Å². The number of hydrogen-bond donors (Lipinski definition) is 1. The molecule has 146 valence electrons. The highest BCUT2D eigenvalue weighted by atomic mass is 35.5. The van der Waals surface area contributed by atoms with Gasteiger partial charge in [0.05, 0.1) is 18.2 Å². The largest absolute Gasteiger partial charge is 0.470 e. The van der Waals surface area contributed by atoms with Crippen LogP contribution in [0.15, 0.2) is 30.5 Å². The minimum Gasteiger partial charge on any atom is -0.470 e. The molecule has 2 aromatic rings. The van der Waals surface area contributed by atoms with Crippen LogP contribution in [-0.4, -0.2) is 60.0 Å². The highest BCUT2D eigenvalue weighted by molar-refractivity contribution is 6.42. The summed E-state index contributed by atoms with van der Waals surface area (Å²) < 4.78 is 12.4. The smallest absolute Gasteiger partial charge is 0.271 e. The van der Waals surface area contributed by atoms with E-state index in [1.807, 2.05) is 0 Å². The summed E-state index contributed by atoms with van der Waals surface area (Å²) in [7, 11) is 0. The van der Waals surface area contributed by atoms with Crippen molar-refractivity contribution in [1.82, 2.24) is 20.0 Å². The zero-order valence-corrected chi connectivity index (χ0v) is 16.4. The number of morpholine rings is 1.